The number of halogens is 1. The Balaban J connectivity index is 1.86. The van der Waals surface area contributed by atoms with Crippen LogP contribution in [0.1, 0.15) is 51.0 Å². The number of hydrogen-bond donors (Lipinski definition) is 1. The third kappa shape index (κ3) is 3.14. The number of allylic oxidation sites excluding steroid dienone is 1. The molecule has 1 heterocycles. The lowest BCUT2D eigenvalue weighted by Crippen LogP contribution is -2.50. The summed E-state index contributed by atoms with van der Waals surface area (Å²) in [5, 5.41) is 10.7. The van der Waals surface area contributed by atoms with Crippen molar-refractivity contribution in [2.24, 2.45) is 0 Å². The van der Waals surface area contributed by atoms with Crippen LogP contribution in [-0.4, -0.2) is 34.7 Å². The standard InChI is InChI=1S/C22H26ClNO3/c1-2-13-24-21(26)19-5-3-4-6-20(19)22(24,15-7-9-16(23)10-8-15)27-18-12-11-17(25)14-18/h3,5,7-10,17-18,25H,2,4,6,11-14H2,1H3. The number of aliphatic hydroxyl groups is 1. The van der Waals surface area contributed by atoms with E-state index in [2.05, 4.69) is 13.0 Å². The summed E-state index contributed by atoms with van der Waals surface area (Å²) < 4.78 is 6.77. The maximum Gasteiger partial charge on any atom is 0.256 e. The third-order valence-electron chi connectivity index (χ3n) is 5.81. The van der Waals surface area contributed by atoms with Crippen LogP contribution < -0.4 is 0 Å². The molecule has 1 aromatic rings. The molecular formula is C22H26ClNO3. The third-order valence-corrected chi connectivity index (χ3v) is 6.06. The molecule has 1 amide bonds. The van der Waals surface area contributed by atoms with Crippen molar-refractivity contribution in [1.82, 2.24) is 4.90 Å². The van der Waals surface area contributed by atoms with Gasteiger partial charge in [-0.15, -0.1) is 0 Å². The van der Waals surface area contributed by atoms with Crippen LogP contribution in [0.25, 0.3) is 0 Å². The van der Waals surface area contributed by atoms with E-state index in [1.807, 2.05) is 35.2 Å². The van der Waals surface area contributed by atoms with Gasteiger partial charge in [0.25, 0.3) is 5.91 Å². The van der Waals surface area contributed by atoms with Gasteiger partial charge in [-0.1, -0.05) is 42.8 Å². The Labute approximate surface area is 165 Å². The fourth-order valence-electron chi connectivity index (χ4n) is 4.62. The minimum Gasteiger partial charge on any atom is -0.393 e. The molecule has 3 unspecified atom stereocenters. The maximum absolute atomic E-state index is 13.3. The molecule has 3 atom stereocenters. The van der Waals surface area contributed by atoms with Gasteiger partial charge < -0.3 is 14.7 Å². The van der Waals surface area contributed by atoms with E-state index in [0.717, 1.165) is 48.8 Å². The number of hydrogen-bond acceptors (Lipinski definition) is 3. The van der Waals surface area contributed by atoms with Crippen molar-refractivity contribution >= 4 is 17.5 Å². The van der Waals surface area contributed by atoms with Crippen molar-refractivity contribution < 1.29 is 14.6 Å². The Morgan fingerprint density at radius 1 is 1.30 bits per heavy atom. The first kappa shape index (κ1) is 18.7. The highest BCUT2D eigenvalue weighted by atomic mass is 35.5. The number of rotatable bonds is 5. The summed E-state index contributed by atoms with van der Waals surface area (Å²) in [5.41, 5.74) is 1.86. The summed E-state index contributed by atoms with van der Waals surface area (Å²) in [4.78, 5) is 15.2. The van der Waals surface area contributed by atoms with E-state index in [-0.39, 0.29) is 18.1 Å². The van der Waals surface area contributed by atoms with Gasteiger partial charge in [-0.05, 0) is 56.2 Å². The molecule has 4 nitrogen and oxygen atoms in total. The lowest BCUT2D eigenvalue weighted by Gasteiger charge is -2.43. The van der Waals surface area contributed by atoms with Crippen LogP contribution in [0.2, 0.25) is 5.02 Å². The highest BCUT2D eigenvalue weighted by Crippen LogP contribution is 2.50. The first-order chi connectivity index (χ1) is 13.1. The quantitative estimate of drug-likeness (QED) is 0.818. The molecule has 1 aromatic carbocycles. The summed E-state index contributed by atoms with van der Waals surface area (Å²) in [5.74, 6) is 0.0382. The monoisotopic (exact) mass is 387 g/mol. The van der Waals surface area contributed by atoms with E-state index < -0.39 is 5.72 Å². The SMILES string of the molecule is CCCN1C(=O)C2=C(CCC=C2)C1(OC1CCC(O)C1)c1ccc(Cl)cc1. The fraction of sp³-hybridized carbons (Fsp3) is 0.500. The van der Waals surface area contributed by atoms with E-state index in [1.54, 1.807) is 0 Å². The number of ether oxygens (including phenoxy) is 1. The van der Waals surface area contributed by atoms with E-state index in [9.17, 15) is 9.90 Å². The predicted molar refractivity (Wildman–Crippen MR) is 105 cm³/mol. The van der Waals surface area contributed by atoms with E-state index >= 15 is 0 Å². The molecule has 3 aliphatic rings. The molecule has 1 saturated carbocycles. The molecule has 1 fully saturated rings. The van der Waals surface area contributed by atoms with E-state index in [0.29, 0.717) is 18.0 Å². The van der Waals surface area contributed by atoms with Crippen LogP contribution in [0.4, 0.5) is 0 Å². The second kappa shape index (κ2) is 7.42. The molecule has 27 heavy (non-hydrogen) atoms. The molecule has 0 aromatic heterocycles. The fourth-order valence-corrected chi connectivity index (χ4v) is 4.75. The number of benzene rings is 1. The molecule has 144 valence electrons. The first-order valence-electron chi connectivity index (χ1n) is 9.90. The Hall–Kier alpha value is -1.62. The van der Waals surface area contributed by atoms with Crippen molar-refractivity contribution in [3.05, 3.63) is 58.1 Å². The van der Waals surface area contributed by atoms with Gasteiger partial charge in [0.2, 0.25) is 0 Å². The number of carbonyl (C=O) groups excluding carboxylic acids is 1. The number of aliphatic hydroxyl groups excluding tert-OH is 1. The maximum atomic E-state index is 13.3. The molecule has 0 saturated heterocycles. The van der Waals surface area contributed by atoms with E-state index in [1.165, 1.54) is 0 Å². The topological polar surface area (TPSA) is 49.8 Å². The Morgan fingerprint density at radius 3 is 2.74 bits per heavy atom. The zero-order valence-corrected chi connectivity index (χ0v) is 16.4. The zero-order chi connectivity index (χ0) is 19.0. The van der Waals surface area contributed by atoms with Crippen molar-refractivity contribution in [1.29, 1.82) is 0 Å². The minimum atomic E-state index is -0.896. The van der Waals surface area contributed by atoms with Gasteiger partial charge in [0, 0.05) is 22.7 Å². The van der Waals surface area contributed by atoms with Gasteiger partial charge in [-0.25, -0.2) is 0 Å². The minimum absolute atomic E-state index is 0.0382. The summed E-state index contributed by atoms with van der Waals surface area (Å²) in [6, 6.07) is 7.66. The van der Waals surface area contributed by atoms with Crippen LogP contribution in [0, 0.1) is 0 Å². The molecule has 2 aliphatic carbocycles. The molecule has 1 aliphatic heterocycles. The Bertz CT molecular complexity index is 785. The van der Waals surface area contributed by atoms with Crippen molar-refractivity contribution in [3.8, 4) is 0 Å². The van der Waals surface area contributed by atoms with Crippen LogP contribution in [0.3, 0.4) is 0 Å². The first-order valence-corrected chi connectivity index (χ1v) is 10.3. The molecule has 5 heteroatoms. The molecule has 1 N–H and O–H groups in total. The number of amides is 1. The smallest absolute Gasteiger partial charge is 0.256 e. The average molecular weight is 388 g/mol. The summed E-state index contributed by atoms with van der Waals surface area (Å²) in [6.45, 7) is 2.70. The normalized spacial score (nSPS) is 30.3. The predicted octanol–water partition coefficient (Wildman–Crippen LogP) is 4.32. The summed E-state index contributed by atoms with van der Waals surface area (Å²) >= 11 is 6.14. The Kier molecular flexibility index (Phi) is 5.15. The van der Waals surface area contributed by atoms with Crippen LogP contribution in [-0.2, 0) is 15.3 Å². The Morgan fingerprint density at radius 2 is 2.07 bits per heavy atom. The molecule has 0 bridgehead atoms. The number of carbonyl (C=O) groups is 1. The lowest BCUT2D eigenvalue weighted by atomic mass is 9.87. The van der Waals surface area contributed by atoms with Gasteiger partial charge in [0.15, 0.2) is 5.72 Å². The molecule has 0 radical (unpaired) electrons. The number of nitrogens with zero attached hydrogens (tertiary/aromatic N) is 1. The van der Waals surface area contributed by atoms with E-state index in [4.69, 9.17) is 16.3 Å². The van der Waals surface area contributed by atoms with Gasteiger partial charge in [-0.3, -0.25) is 4.79 Å². The van der Waals surface area contributed by atoms with Crippen LogP contribution in [0.15, 0.2) is 47.6 Å². The second-order valence-electron chi connectivity index (χ2n) is 7.65. The summed E-state index contributed by atoms with van der Waals surface area (Å²) in [6.07, 6.45) is 8.34. The molecular weight excluding hydrogens is 362 g/mol. The van der Waals surface area contributed by atoms with Gasteiger partial charge in [0.05, 0.1) is 12.2 Å². The van der Waals surface area contributed by atoms with Crippen molar-refractivity contribution in [2.45, 2.75) is 63.4 Å². The van der Waals surface area contributed by atoms with Crippen LogP contribution >= 0.6 is 11.6 Å². The molecule has 4 rings (SSSR count). The lowest BCUT2D eigenvalue weighted by molar-refractivity contribution is -0.175. The van der Waals surface area contributed by atoms with Crippen molar-refractivity contribution in [2.75, 3.05) is 6.54 Å². The summed E-state index contributed by atoms with van der Waals surface area (Å²) in [7, 11) is 0. The zero-order valence-electron chi connectivity index (χ0n) is 15.7. The largest absolute Gasteiger partial charge is 0.393 e. The second-order valence-corrected chi connectivity index (χ2v) is 8.08. The highest BCUT2D eigenvalue weighted by molar-refractivity contribution is 6.30. The highest BCUT2D eigenvalue weighted by Gasteiger charge is 2.54. The average Bonchev–Trinajstić information content (AvgIpc) is 3.18. The van der Waals surface area contributed by atoms with Gasteiger partial charge in [0.1, 0.15) is 0 Å². The van der Waals surface area contributed by atoms with Gasteiger partial charge in [-0.2, -0.15) is 0 Å². The van der Waals surface area contributed by atoms with Crippen molar-refractivity contribution in [3.63, 3.8) is 0 Å². The molecule has 0 spiro atoms. The van der Waals surface area contributed by atoms with Crippen LogP contribution in [0.5, 0.6) is 0 Å². The van der Waals surface area contributed by atoms with Gasteiger partial charge >= 0.3 is 0 Å².